The Bertz CT molecular complexity index is 771. The number of aromatic nitrogens is 1. The summed E-state index contributed by atoms with van der Waals surface area (Å²) in [6, 6.07) is 1.35. The number of rotatable bonds is 3. The fraction of sp³-hybridized carbons (Fsp3) is 0.412. The van der Waals surface area contributed by atoms with Gasteiger partial charge in [0.25, 0.3) is 0 Å². The van der Waals surface area contributed by atoms with Gasteiger partial charge in [-0.15, -0.1) is 0 Å². The summed E-state index contributed by atoms with van der Waals surface area (Å²) in [5.41, 5.74) is 3.32. The number of ether oxygens (including phenoxy) is 1. The van der Waals surface area contributed by atoms with Gasteiger partial charge in [0.15, 0.2) is 11.7 Å². The number of nitrogens with two attached hydrogens (primary N) is 1. The largest absolute Gasteiger partial charge is 0.410 e. The van der Waals surface area contributed by atoms with Crippen LogP contribution in [0.4, 0.5) is 22.4 Å². The lowest BCUT2D eigenvalue weighted by Gasteiger charge is -2.45. The summed E-state index contributed by atoms with van der Waals surface area (Å²) in [4.78, 5) is 15.0. The molecule has 5 nitrogen and oxygen atoms in total. The zero-order chi connectivity index (χ0) is 18.9. The fourth-order valence-corrected chi connectivity index (χ4v) is 3.65. The molecule has 1 aliphatic carbocycles. The summed E-state index contributed by atoms with van der Waals surface area (Å²) >= 11 is 0. The van der Waals surface area contributed by atoms with Gasteiger partial charge in [-0.3, -0.25) is 4.98 Å². The average Bonchev–Trinajstić information content (AvgIpc) is 2.57. The molecule has 3 N–H and O–H groups in total. The molecule has 0 spiro atoms. The Morgan fingerprint density at radius 3 is 2.62 bits per heavy atom. The second-order valence-corrected chi connectivity index (χ2v) is 6.39. The van der Waals surface area contributed by atoms with Crippen molar-refractivity contribution in [1.29, 1.82) is 0 Å². The van der Waals surface area contributed by atoms with Crippen LogP contribution in [0.25, 0.3) is 0 Å². The third-order valence-corrected chi connectivity index (χ3v) is 4.82. The molecule has 1 saturated carbocycles. The Kier molecular flexibility index (Phi) is 4.64. The van der Waals surface area contributed by atoms with E-state index in [0.29, 0.717) is 0 Å². The number of dihydropyridines is 1. The molecule has 1 fully saturated rings. The van der Waals surface area contributed by atoms with Crippen LogP contribution >= 0.6 is 0 Å². The maximum absolute atomic E-state index is 15.1. The van der Waals surface area contributed by atoms with Crippen LogP contribution in [0.1, 0.15) is 31.2 Å². The first-order valence-corrected chi connectivity index (χ1v) is 8.06. The lowest BCUT2D eigenvalue weighted by atomic mass is 9.68. The highest BCUT2D eigenvalue weighted by molar-refractivity contribution is 5.69. The normalized spacial score (nSPS) is 25.7. The average molecular weight is 371 g/mol. The molecule has 0 bridgehead atoms. The predicted octanol–water partition coefficient (Wildman–Crippen LogP) is 3.83. The minimum absolute atomic E-state index is 0.0487. The Hall–Kier alpha value is -2.58. The minimum atomic E-state index is -2.84. The number of pyridine rings is 1. The van der Waals surface area contributed by atoms with Crippen molar-refractivity contribution >= 4 is 6.09 Å². The van der Waals surface area contributed by atoms with E-state index in [1.165, 1.54) is 12.3 Å². The van der Waals surface area contributed by atoms with E-state index in [1.807, 2.05) is 0 Å². The number of carbonyl (C=O) groups excluding carboxylic acids is 1. The molecule has 1 aromatic rings. The molecule has 1 unspecified atom stereocenters. The SMILES string of the molecule is NC(=O)Oc1cnccc1C1(C2CCC(F)(F)CC2)NC(F)=CC=C1F. The van der Waals surface area contributed by atoms with Gasteiger partial charge in [0.1, 0.15) is 11.4 Å². The van der Waals surface area contributed by atoms with Crippen molar-refractivity contribution in [3.63, 3.8) is 0 Å². The molecular formula is C17H17F4N3O2. The summed E-state index contributed by atoms with van der Waals surface area (Å²) in [5, 5.41) is 2.45. The first-order chi connectivity index (χ1) is 12.2. The molecule has 140 valence electrons. The maximum Gasteiger partial charge on any atom is 0.410 e. The van der Waals surface area contributed by atoms with Crippen molar-refractivity contribution in [2.75, 3.05) is 0 Å². The molecule has 0 saturated heterocycles. The summed E-state index contributed by atoms with van der Waals surface area (Å²) in [6.45, 7) is 0. The highest BCUT2D eigenvalue weighted by atomic mass is 19.3. The summed E-state index contributed by atoms with van der Waals surface area (Å²) in [5.74, 6) is -5.30. The molecular weight excluding hydrogens is 354 g/mol. The van der Waals surface area contributed by atoms with E-state index in [4.69, 9.17) is 10.5 Å². The Balaban J connectivity index is 2.11. The van der Waals surface area contributed by atoms with E-state index < -0.39 is 48.1 Å². The van der Waals surface area contributed by atoms with E-state index in [-0.39, 0.29) is 24.2 Å². The Morgan fingerprint density at radius 1 is 1.27 bits per heavy atom. The number of allylic oxidation sites excluding steroid dienone is 2. The lowest BCUT2D eigenvalue weighted by Crippen LogP contribution is -2.51. The van der Waals surface area contributed by atoms with Gasteiger partial charge in [0.05, 0.1) is 6.20 Å². The number of hydrogen-bond acceptors (Lipinski definition) is 4. The van der Waals surface area contributed by atoms with Gasteiger partial charge in [0.2, 0.25) is 5.92 Å². The Labute approximate surface area is 146 Å². The number of halogens is 4. The molecule has 3 rings (SSSR count). The van der Waals surface area contributed by atoms with E-state index in [0.717, 1.165) is 18.3 Å². The van der Waals surface area contributed by atoms with Crippen LogP contribution in [0.15, 0.2) is 42.4 Å². The quantitative estimate of drug-likeness (QED) is 0.625. The third kappa shape index (κ3) is 3.25. The summed E-state index contributed by atoms with van der Waals surface area (Å²) in [6.07, 6.45) is 2.15. The molecule has 1 aromatic heterocycles. The maximum atomic E-state index is 15.1. The first-order valence-electron chi connectivity index (χ1n) is 8.06. The van der Waals surface area contributed by atoms with Gasteiger partial charge in [-0.2, -0.15) is 4.39 Å². The van der Waals surface area contributed by atoms with E-state index in [1.54, 1.807) is 0 Å². The third-order valence-electron chi connectivity index (χ3n) is 4.82. The zero-order valence-corrected chi connectivity index (χ0v) is 13.6. The number of carbonyl (C=O) groups is 1. The molecule has 9 heteroatoms. The number of amides is 1. The van der Waals surface area contributed by atoms with Crippen LogP contribution in [0.5, 0.6) is 5.75 Å². The molecule has 1 aliphatic heterocycles. The predicted molar refractivity (Wildman–Crippen MR) is 84.5 cm³/mol. The van der Waals surface area contributed by atoms with Gasteiger partial charge in [-0.1, -0.05) is 0 Å². The zero-order valence-electron chi connectivity index (χ0n) is 13.6. The van der Waals surface area contributed by atoms with E-state index in [2.05, 4.69) is 10.3 Å². The molecule has 2 heterocycles. The van der Waals surface area contributed by atoms with Crippen molar-refractivity contribution in [2.45, 2.75) is 37.1 Å². The van der Waals surface area contributed by atoms with Crippen LogP contribution in [-0.4, -0.2) is 17.0 Å². The lowest BCUT2D eigenvalue weighted by molar-refractivity contribution is -0.0569. The molecule has 26 heavy (non-hydrogen) atoms. The second-order valence-electron chi connectivity index (χ2n) is 6.39. The molecule has 1 amide bonds. The van der Waals surface area contributed by atoms with Crippen LogP contribution in [0.3, 0.4) is 0 Å². The van der Waals surface area contributed by atoms with Gasteiger partial charge in [-0.05, 0) is 37.0 Å². The van der Waals surface area contributed by atoms with Crippen molar-refractivity contribution in [3.05, 3.63) is 48.0 Å². The molecule has 0 radical (unpaired) electrons. The number of hydrogen-bond donors (Lipinski definition) is 2. The minimum Gasteiger partial charge on any atom is -0.408 e. The highest BCUT2D eigenvalue weighted by Crippen LogP contribution is 2.51. The number of primary amides is 1. The Morgan fingerprint density at radius 2 is 1.96 bits per heavy atom. The summed E-state index contributed by atoms with van der Waals surface area (Å²) in [7, 11) is 0. The highest BCUT2D eigenvalue weighted by Gasteiger charge is 2.51. The molecule has 1 atom stereocenters. The molecule has 2 aliphatic rings. The summed E-state index contributed by atoms with van der Waals surface area (Å²) < 4.78 is 61.2. The van der Waals surface area contributed by atoms with E-state index in [9.17, 15) is 18.0 Å². The topological polar surface area (TPSA) is 77.2 Å². The first kappa shape index (κ1) is 18.2. The van der Waals surface area contributed by atoms with Crippen LogP contribution < -0.4 is 15.8 Å². The van der Waals surface area contributed by atoms with Gasteiger partial charge < -0.3 is 15.8 Å². The standard InChI is InChI=1S/C17H17F4N3O2/c18-13-1-2-14(19)24-17(13,10-3-6-16(20,21)7-4-10)11-5-8-23-9-12(11)26-15(22)25/h1-2,5,8-10,24H,3-4,6-7H2,(H2,22,25). The van der Waals surface area contributed by atoms with Crippen molar-refractivity contribution < 1.29 is 27.1 Å². The van der Waals surface area contributed by atoms with Crippen LogP contribution in [-0.2, 0) is 5.54 Å². The van der Waals surface area contributed by atoms with E-state index >= 15 is 4.39 Å². The monoisotopic (exact) mass is 371 g/mol. The number of nitrogens with one attached hydrogen (secondary N) is 1. The fourth-order valence-electron chi connectivity index (χ4n) is 3.65. The van der Waals surface area contributed by atoms with Crippen molar-refractivity contribution in [3.8, 4) is 5.75 Å². The number of nitrogens with zero attached hydrogens (tertiary/aromatic N) is 1. The van der Waals surface area contributed by atoms with Gasteiger partial charge in [0, 0.05) is 24.6 Å². The van der Waals surface area contributed by atoms with Gasteiger partial charge >= 0.3 is 6.09 Å². The van der Waals surface area contributed by atoms with Crippen LogP contribution in [0.2, 0.25) is 0 Å². The smallest absolute Gasteiger partial charge is 0.408 e. The second kappa shape index (κ2) is 6.62. The van der Waals surface area contributed by atoms with Gasteiger partial charge in [-0.25, -0.2) is 18.0 Å². The number of alkyl halides is 2. The van der Waals surface area contributed by atoms with Crippen molar-refractivity contribution in [1.82, 2.24) is 10.3 Å². The van der Waals surface area contributed by atoms with Crippen molar-refractivity contribution in [2.24, 2.45) is 11.7 Å². The molecule has 0 aromatic carbocycles. The van der Waals surface area contributed by atoms with Crippen LogP contribution in [0, 0.1) is 5.92 Å².